The van der Waals surface area contributed by atoms with Crippen LogP contribution in [0, 0.1) is 0 Å². The molecule has 0 N–H and O–H groups in total. The lowest BCUT2D eigenvalue weighted by Crippen LogP contribution is -2.39. The third kappa shape index (κ3) is 3.08. The predicted molar refractivity (Wildman–Crippen MR) is 81.8 cm³/mol. The highest BCUT2D eigenvalue weighted by Gasteiger charge is 2.34. The summed E-state index contributed by atoms with van der Waals surface area (Å²) in [6, 6.07) is 3.65. The van der Waals surface area contributed by atoms with Crippen molar-refractivity contribution in [3.63, 3.8) is 0 Å². The first-order chi connectivity index (χ1) is 10.1. The smallest absolute Gasteiger partial charge is 0.260 e. The van der Waals surface area contributed by atoms with Gasteiger partial charge in [0.15, 0.2) is 5.03 Å². The molecule has 7 heteroatoms. The van der Waals surface area contributed by atoms with Crippen molar-refractivity contribution in [2.75, 3.05) is 26.2 Å². The van der Waals surface area contributed by atoms with Crippen LogP contribution in [0.4, 0.5) is 0 Å². The van der Waals surface area contributed by atoms with Crippen molar-refractivity contribution in [2.45, 2.75) is 36.2 Å². The van der Waals surface area contributed by atoms with E-state index in [1.54, 1.807) is 22.6 Å². The lowest BCUT2D eigenvalue weighted by molar-refractivity contribution is 0.257. The van der Waals surface area contributed by atoms with E-state index in [0.29, 0.717) is 25.0 Å². The van der Waals surface area contributed by atoms with Crippen LogP contribution in [0.25, 0.3) is 0 Å². The highest BCUT2D eigenvalue weighted by Crippen LogP contribution is 2.24. The van der Waals surface area contributed by atoms with Gasteiger partial charge in [-0.2, -0.15) is 4.31 Å². The van der Waals surface area contributed by atoms with Gasteiger partial charge in [0.1, 0.15) is 0 Å². The van der Waals surface area contributed by atoms with Gasteiger partial charge in [-0.25, -0.2) is 13.4 Å². The van der Waals surface area contributed by atoms with Crippen LogP contribution < -0.4 is 0 Å². The molecule has 2 saturated heterocycles. The summed E-state index contributed by atoms with van der Waals surface area (Å²) in [6.45, 7) is 3.26. The van der Waals surface area contributed by atoms with Crippen LogP contribution in [0.15, 0.2) is 23.4 Å². The number of rotatable bonds is 3. The molecular weight excluding hydrogens is 310 g/mol. The second kappa shape index (κ2) is 6.20. The summed E-state index contributed by atoms with van der Waals surface area (Å²) in [5.41, 5.74) is 0.827. The molecule has 0 aromatic carbocycles. The largest absolute Gasteiger partial charge is 0.299 e. The zero-order valence-corrected chi connectivity index (χ0v) is 13.5. The first-order valence-electron chi connectivity index (χ1n) is 7.36. The van der Waals surface area contributed by atoms with E-state index in [0.717, 1.165) is 31.5 Å². The quantitative estimate of drug-likeness (QED) is 0.792. The summed E-state index contributed by atoms with van der Waals surface area (Å²) in [7, 11) is -3.50. The lowest BCUT2D eigenvalue weighted by Gasteiger charge is -2.24. The van der Waals surface area contributed by atoms with Crippen molar-refractivity contribution in [2.24, 2.45) is 0 Å². The van der Waals surface area contributed by atoms with Gasteiger partial charge in [0.25, 0.3) is 10.0 Å². The average molecular weight is 330 g/mol. The zero-order chi connectivity index (χ0) is 14.9. The molecule has 0 bridgehead atoms. The fourth-order valence-electron chi connectivity index (χ4n) is 3.17. The van der Waals surface area contributed by atoms with Crippen molar-refractivity contribution in [3.8, 4) is 0 Å². The SMILES string of the molecule is O=S(=O)(c1ccc(CCl)cn1)N1CCCN2CCCC2C1. The highest BCUT2D eigenvalue weighted by atomic mass is 35.5. The maximum atomic E-state index is 12.7. The molecule has 0 radical (unpaired) electrons. The van der Waals surface area contributed by atoms with Crippen molar-refractivity contribution in [3.05, 3.63) is 23.9 Å². The molecule has 1 unspecified atom stereocenters. The molecular formula is C14H20ClN3O2S. The van der Waals surface area contributed by atoms with Gasteiger partial charge in [-0.15, -0.1) is 11.6 Å². The Kier molecular flexibility index (Phi) is 4.49. The van der Waals surface area contributed by atoms with Crippen LogP contribution in [0.3, 0.4) is 0 Å². The Balaban J connectivity index is 1.82. The first-order valence-corrected chi connectivity index (χ1v) is 9.34. The van der Waals surface area contributed by atoms with E-state index in [4.69, 9.17) is 11.6 Å². The van der Waals surface area contributed by atoms with Crippen molar-refractivity contribution >= 4 is 21.6 Å². The summed E-state index contributed by atoms with van der Waals surface area (Å²) in [5, 5.41) is 0.128. The van der Waals surface area contributed by atoms with Crippen molar-refractivity contribution in [1.29, 1.82) is 0 Å². The second-order valence-corrected chi connectivity index (χ2v) is 7.84. The number of nitrogens with zero attached hydrogens (tertiary/aromatic N) is 3. The number of sulfonamides is 1. The molecule has 3 rings (SSSR count). The molecule has 2 fully saturated rings. The molecule has 116 valence electrons. The summed E-state index contributed by atoms with van der Waals surface area (Å²) < 4.78 is 27.1. The van der Waals surface area contributed by atoms with Gasteiger partial charge < -0.3 is 0 Å². The molecule has 0 aliphatic carbocycles. The maximum absolute atomic E-state index is 12.7. The highest BCUT2D eigenvalue weighted by molar-refractivity contribution is 7.89. The normalized spacial score (nSPS) is 24.7. The van der Waals surface area contributed by atoms with Gasteiger partial charge in [-0.3, -0.25) is 4.90 Å². The van der Waals surface area contributed by atoms with E-state index in [9.17, 15) is 8.42 Å². The second-order valence-electron chi connectivity index (χ2n) is 5.69. The number of pyridine rings is 1. The molecule has 5 nitrogen and oxygen atoms in total. The Bertz CT molecular complexity index is 591. The van der Waals surface area contributed by atoms with Gasteiger partial charge in [0.05, 0.1) is 0 Å². The maximum Gasteiger partial charge on any atom is 0.260 e. The third-order valence-electron chi connectivity index (χ3n) is 4.32. The van der Waals surface area contributed by atoms with Crippen LogP contribution in [0.2, 0.25) is 0 Å². The van der Waals surface area contributed by atoms with Crippen molar-refractivity contribution in [1.82, 2.24) is 14.2 Å². The van der Waals surface area contributed by atoms with Gasteiger partial charge in [0.2, 0.25) is 0 Å². The predicted octanol–water partition coefficient (Wildman–Crippen LogP) is 1.68. The summed E-state index contributed by atoms with van der Waals surface area (Å²) >= 11 is 5.72. The Morgan fingerprint density at radius 1 is 1.24 bits per heavy atom. The molecule has 0 amide bonds. The molecule has 1 aromatic rings. The summed E-state index contributed by atoms with van der Waals surface area (Å²) in [6.07, 6.45) is 4.68. The van der Waals surface area contributed by atoms with Crippen LogP contribution in [0.5, 0.6) is 0 Å². The van der Waals surface area contributed by atoms with Crippen LogP contribution in [0.1, 0.15) is 24.8 Å². The Hall–Kier alpha value is -0.690. The van der Waals surface area contributed by atoms with E-state index in [1.807, 2.05) is 0 Å². The number of fused-ring (bicyclic) bond motifs is 1. The Labute approximate surface area is 131 Å². The van der Waals surface area contributed by atoms with E-state index in [-0.39, 0.29) is 5.03 Å². The number of halogens is 1. The fraction of sp³-hybridized carbons (Fsp3) is 0.643. The first kappa shape index (κ1) is 15.2. The topological polar surface area (TPSA) is 53.5 Å². The summed E-state index contributed by atoms with van der Waals surface area (Å²) in [4.78, 5) is 6.50. The van der Waals surface area contributed by atoms with E-state index >= 15 is 0 Å². The molecule has 3 heterocycles. The van der Waals surface area contributed by atoms with E-state index in [1.165, 1.54) is 6.42 Å². The van der Waals surface area contributed by atoms with Gasteiger partial charge >= 0.3 is 0 Å². The molecule has 21 heavy (non-hydrogen) atoms. The lowest BCUT2D eigenvalue weighted by atomic mass is 10.2. The van der Waals surface area contributed by atoms with Gasteiger partial charge in [-0.1, -0.05) is 6.07 Å². The number of aromatic nitrogens is 1. The minimum Gasteiger partial charge on any atom is -0.299 e. The average Bonchev–Trinajstić information content (AvgIpc) is 2.84. The monoisotopic (exact) mass is 329 g/mol. The van der Waals surface area contributed by atoms with Gasteiger partial charge in [0, 0.05) is 31.2 Å². The molecule has 1 atom stereocenters. The molecule has 2 aliphatic heterocycles. The van der Waals surface area contributed by atoms with Crippen LogP contribution >= 0.6 is 11.6 Å². The standard InChI is InChI=1S/C14H20ClN3O2S/c15-9-12-4-5-14(16-10-12)21(19,20)18-8-2-7-17-6-1-3-13(17)11-18/h4-5,10,13H,1-3,6-9,11H2. The van der Waals surface area contributed by atoms with Crippen LogP contribution in [-0.4, -0.2) is 54.8 Å². The van der Waals surface area contributed by atoms with E-state index in [2.05, 4.69) is 9.88 Å². The Morgan fingerprint density at radius 3 is 2.76 bits per heavy atom. The number of alkyl halides is 1. The molecule has 0 saturated carbocycles. The minimum atomic E-state index is -3.50. The van der Waals surface area contributed by atoms with Crippen molar-refractivity contribution < 1.29 is 8.42 Å². The minimum absolute atomic E-state index is 0.128. The number of hydrogen-bond acceptors (Lipinski definition) is 4. The molecule has 2 aliphatic rings. The zero-order valence-electron chi connectivity index (χ0n) is 11.9. The summed E-state index contributed by atoms with van der Waals surface area (Å²) in [5.74, 6) is 0.341. The Morgan fingerprint density at radius 2 is 2.05 bits per heavy atom. The van der Waals surface area contributed by atoms with Crippen LogP contribution in [-0.2, 0) is 15.9 Å². The molecule has 0 spiro atoms. The van der Waals surface area contributed by atoms with E-state index < -0.39 is 10.0 Å². The fourth-order valence-corrected chi connectivity index (χ4v) is 4.75. The number of hydrogen-bond donors (Lipinski definition) is 0. The van der Waals surface area contributed by atoms with Gasteiger partial charge in [-0.05, 0) is 44.0 Å². The third-order valence-corrected chi connectivity index (χ3v) is 6.41. The molecule has 1 aromatic heterocycles.